The Morgan fingerprint density at radius 3 is 2.65 bits per heavy atom. The van der Waals surface area contributed by atoms with Crippen molar-refractivity contribution in [2.75, 3.05) is 5.32 Å². The van der Waals surface area contributed by atoms with Gasteiger partial charge < -0.3 is 10.1 Å². The second kappa shape index (κ2) is 6.87. The molecule has 0 fully saturated rings. The molecule has 1 N–H and O–H groups in total. The van der Waals surface area contributed by atoms with Crippen LogP contribution in [0.4, 0.5) is 15.8 Å². The number of hydrogen-bond donors (Lipinski definition) is 1. The summed E-state index contributed by atoms with van der Waals surface area (Å²) >= 11 is 0. The quantitative estimate of drug-likeness (QED) is 0.676. The zero-order valence-electron chi connectivity index (χ0n) is 12.6. The number of nitrogens with one attached hydrogen (secondary N) is 1. The number of nitro benzene ring substituents is 1. The summed E-state index contributed by atoms with van der Waals surface area (Å²) < 4.78 is 18.9. The molecule has 23 heavy (non-hydrogen) atoms. The first-order valence-corrected chi connectivity index (χ1v) is 6.85. The molecule has 0 bridgehead atoms. The van der Waals surface area contributed by atoms with E-state index in [9.17, 15) is 19.3 Å². The van der Waals surface area contributed by atoms with Gasteiger partial charge in [0.15, 0.2) is 11.9 Å². The third kappa shape index (κ3) is 4.03. The van der Waals surface area contributed by atoms with Gasteiger partial charge in [0.2, 0.25) is 0 Å². The molecule has 1 atom stereocenters. The van der Waals surface area contributed by atoms with Crippen molar-refractivity contribution in [2.45, 2.75) is 20.0 Å². The monoisotopic (exact) mass is 318 g/mol. The number of hydrogen-bond acceptors (Lipinski definition) is 4. The fourth-order valence-electron chi connectivity index (χ4n) is 1.91. The van der Waals surface area contributed by atoms with Crippen LogP contribution in [0, 0.1) is 22.9 Å². The maximum atomic E-state index is 13.5. The Bertz CT molecular complexity index is 749. The summed E-state index contributed by atoms with van der Waals surface area (Å²) in [5.74, 6) is -1.20. The van der Waals surface area contributed by atoms with Crippen LogP contribution in [0.25, 0.3) is 0 Å². The molecule has 0 heterocycles. The average molecular weight is 318 g/mol. The molecule has 120 valence electrons. The van der Waals surface area contributed by atoms with Gasteiger partial charge in [-0.15, -0.1) is 0 Å². The zero-order chi connectivity index (χ0) is 17.0. The summed E-state index contributed by atoms with van der Waals surface area (Å²) in [6.45, 7) is 3.14. The minimum absolute atomic E-state index is 0.0169. The Hall–Kier alpha value is -2.96. The highest BCUT2D eigenvalue weighted by molar-refractivity contribution is 5.94. The highest BCUT2D eigenvalue weighted by atomic mass is 19.1. The molecule has 0 spiro atoms. The van der Waals surface area contributed by atoms with Gasteiger partial charge in [-0.2, -0.15) is 0 Å². The molecule has 0 saturated heterocycles. The molecule has 6 nitrogen and oxygen atoms in total. The molecule has 0 aliphatic heterocycles. The normalized spacial score (nSPS) is 11.6. The van der Waals surface area contributed by atoms with Gasteiger partial charge in [-0.1, -0.05) is 18.2 Å². The van der Waals surface area contributed by atoms with Crippen molar-refractivity contribution in [2.24, 2.45) is 0 Å². The number of ether oxygens (including phenoxy) is 1. The van der Waals surface area contributed by atoms with Crippen molar-refractivity contribution in [1.29, 1.82) is 0 Å². The van der Waals surface area contributed by atoms with Gasteiger partial charge in [0.05, 0.1) is 10.6 Å². The predicted octanol–water partition coefficient (Wildman–Crippen LogP) is 3.45. The van der Waals surface area contributed by atoms with Crippen molar-refractivity contribution >= 4 is 17.3 Å². The highest BCUT2D eigenvalue weighted by Gasteiger charge is 2.21. The minimum Gasteiger partial charge on any atom is -0.474 e. The van der Waals surface area contributed by atoms with E-state index in [1.807, 2.05) is 0 Å². The number of carbonyl (C=O) groups excluding carboxylic acids is 1. The smallest absolute Gasteiger partial charge is 0.311 e. The molecule has 0 aromatic heterocycles. The predicted molar refractivity (Wildman–Crippen MR) is 83.0 cm³/mol. The van der Waals surface area contributed by atoms with Crippen LogP contribution in [0.1, 0.15) is 12.5 Å². The number of aryl methyl sites for hydroxylation is 1. The number of amides is 1. The summed E-state index contributed by atoms with van der Waals surface area (Å²) in [6, 6.07) is 10.1. The lowest BCUT2D eigenvalue weighted by Crippen LogP contribution is -2.30. The van der Waals surface area contributed by atoms with E-state index in [-0.39, 0.29) is 17.1 Å². The Kier molecular flexibility index (Phi) is 4.90. The topological polar surface area (TPSA) is 81.5 Å². The molecule has 2 aromatic rings. The maximum absolute atomic E-state index is 13.5. The lowest BCUT2D eigenvalue weighted by Gasteiger charge is -2.15. The number of para-hydroxylation sites is 1. The van der Waals surface area contributed by atoms with Gasteiger partial charge >= 0.3 is 5.69 Å². The number of halogens is 1. The summed E-state index contributed by atoms with van der Waals surface area (Å²) in [5.41, 5.74) is 0.495. The molecule has 0 radical (unpaired) electrons. The lowest BCUT2D eigenvalue weighted by atomic mass is 10.2. The number of carbonyl (C=O) groups is 1. The number of nitrogens with zero attached hydrogens (tertiary/aromatic N) is 1. The Balaban J connectivity index is 2.13. The molecule has 0 unspecified atom stereocenters. The third-order valence-electron chi connectivity index (χ3n) is 3.12. The van der Waals surface area contributed by atoms with E-state index in [1.54, 1.807) is 19.1 Å². The van der Waals surface area contributed by atoms with Crippen LogP contribution in [0.15, 0.2) is 42.5 Å². The molecular formula is C16H15FN2O4. The second-order valence-corrected chi connectivity index (χ2v) is 4.96. The zero-order valence-corrected chi connectivity index (χ0v) is 12.6. The van der Waals surface area contributed by atoms with Gasteiger partial charge in [0, 0.05) is 6.07 Å². The first-order valence-electron chi connectivity index (χ1n) is 6.85. The Labute approximate surface area is 132 Å². The van der Waals surface area contributed by atoms with Crippen LogP contribution in [-0.2, 0) is 4.79 Å². The van der Waals surface area contributed by atoms with Crippen LogP contribution in [0.3, 0.4) is 0 Å². The third-order valence-corrected chi connectivity index (χ3v) is 3.12. The number of rotatable bonds is 5. The van der Waals surface area contributed by atoms with E-state index in [0.29, 0.717) is 5.56 Å². The molecule has 0 saturated carbocycles. The van der Waals surface area contributed by atoms with E-state index in [0.717, 1.165) is 0 Å². The first kappa shape index (κ1) is 16.4. The van der Waals surface area contributed by atoms with E-state index in [1.165, 1.54) is 37.3 Å². The van der Waals surface area contributed by atoms with Crippen LogP contribution >= 0.6 is 0 Å². The summed E-state index contributed by atoms with van der Waals surface area (Å²) in [6.07, 6.45) is -1.03. The number of benzene rings is 2. The largest absolute Gasteiger partial charge is 0.474 e. The van der Waals surface area contributed by atoms with Gasteiger partial charge in [0.1, 0.15) is 5.82 Å². The second-order valence-electron chi connectivity index (χ2n) is 4.96. The van der Waals surface area contributed by atoms with Gasteiger partial charge in [-0.05, 0) is 37.6 Å². The summed E-state index contributed by atoms with van der Waals surface area (Å²) in [7, 11) is 0. The van der Waals surface area contributed by atoms with E-state index >= 15 is 0 Å². The maximum Gasteiger partial charge on any atom is 0.311 e. The fraction of sp³-hybridized carbons (Fsp3) is 0.188. The first-order chi connectivity index (χ1) is 10.9. The summed E-state index contributed by atoms with van der Waals surface area (Å²) in [4.78, 5) is 22.5. The fourth-order valence-corrected chi connectivity index (χ4v) is 1.91. The molecular weight excluding hydrogens is 303 g/mol. The Morgan fingerprint density at radius 2 is 2.00 bits per heavy atom. The van der Waals surface area contributed by atoms with Crippen molar-refractivity contribution in [3.63, 3.8) is 0 Å². The van der Waals surface area contributed by atoms with Crippen LogP contribution in [0.5, 0.6) is 5.75 Å². The van der Waals surface area contributed by atoms with Gasteiger partial charge in [-0.3, -0.25) is 14.9 Å². The molecule has 0 aliphatic carbocycles. The van der Waals surface area contributed by atoms with Crippen molar-refractivity contribution in [1.82, 2.24) is 0 Å². The van der Waals surface area contributed by atoms with Crippen molar-refractivity contribution in [3.05, 3.63) is 64.0 Å². The van der Waals surface area contributed by atoms with Gasteiger partial charge in [0.25, 0.3) is 5.91 Å². The van der Waals surface area contributed by atoms with E-state index in [2.05, 4.69) is 5.32 Å². The average Bonchev–Trinajstić information content (AvgIpc) is 2.51. The van der Waals surface area contributed by atoms with Crippen molar-refractivity contribution < 1.29 is 18.8 Å². The SMILES string of the molecule is Cc1ccc(O[C@@H](C)C(=O)Nc2ccccc2F)c([N+](=O)[O-])c1. The van der Waals surface area contributed by atoms with Crippen LogP contribution in [0.2, 0.25) is 0 Å². The highest BCUT2D eigenvalue weighted by Crippen LogP contribution is 2.28. The van der Waals surface area contributed by atoms with Gasteiger partial charge in [-0.25, -0.2) is 4.39 Å². The molecule has 1 amide bonds. The van der Waals surface area contributed by atoms with Crippen LogP contribution < -0.4 is 10.1 Å². The minimum atomic E-state index is -1.03. The van der Waals surface area contributed by atoms with E-state index < -0.39 is 22.8 Å². The molecule has 2 rings (SSSR count). The molecule has 2 aromatic carbocycles. The number of nitro groups is 1. The van der Waals surface area contributed by atoms with Crippen molar-refractivity contribution in [3.8, 4) is 5.75 Å². The van der Waals surface area contributed by atoms with Crippen LogP contribution in [-0.4, -0.2) is 16.9 Å². The van der Waals surface area contributed by atoms with E-state index in [4.69, 9.17) is 4.74 Å². The lowest BCUT2D eigenvalue weighted by molar-refractivity contribution is -0.386. The Morgan fingerprint density at radius 1 is 1.30 bits per heavy atom. The summed E-state index contributed by atoms with van der Waals surface area (Å²) in [5, 5.41) is 13.4. The molecule has 7 heteroatoms. The standard InChI is InChI=1S/C16H15FN2O4/c1-10-7-8-15(14(9-10)19(21)22)23-11(2)16(20)18-13-6-4-3-5-12(13)17/h3-9,11H,1-2H3,(H,18,20)/t11-/m0/s1. The molecule has 0 aliphatic rings. The number of anilines is 1.